The van der Waals surface area contributed by atoms with Gasteiger partial charge in [0.25, 0.3) is 0 Å². The van der Waals surface area contributed by atoms with Gasteiger partial charge in [0, 0.05) is 11.8 Å². The number of aliphatic hydroxyl groups excluding tert-OH is 1. The van der Waals surface area contributed by atoms with Crippen LogP contribution in [0.15, 0.2) is 0 Å². The van der Waals surface area contributed by atoms with Gasteiger partial charge in [0.05, 0.1) is 18.3 Å². The Bertz CT molecular complexity index is 188. The molecule has 4 fully saturated rings. The van der Waals surface area contributed by atoms with E-state index in [1.807, 2.05) is 0 Å². The average molecular weight is 170 g/mol. The molecule has 68 valence electrons. The largest absolute Gasteiger partial charge is 0.388 e. The van der Waals surface area contributed by atoms with E-state index in [0.717, 1.165) is 0 Å². The fourth-order valence-corrected chi connectivity index (χ4v) is 3.02. The van der Waals surface area contributed by atoms with Crippen molar-refractivity contribution in [2.45, 2.75) is 44.4 Å². The normalized spacial score (nSPS) is 67.8. The molecule has 4 saturated heterocycles. The lowest BCUT2D eigenvalue weighted by molar-refractivity contribution is -0.149. The van der Waals surface area contributed by atoms with E-state index in [0.29, 0.717) is 17.9 Å². The molecule has 0 amide bonds. The Balaban J connectivity index is 2.01. The molecule has 4 heterocycles. The predicted molar refractivity (Wildman–Crippen MR) is 41.7 cm³/mol. The van der Waals surface area contributed by atoms with Gasteiger partial charge in [0.15, 0.2) is 0 Å². The first-order chi connectivity index (χ1) is 5.70. The molecular weight excluding hydrogens is 156 g/mol. The smallest absolute Gasteiger partial charge is 0.113 e. The molecule has 0 aromatic carbocycles. The van der Waals surface area contributed by atoms with Crippen LogP contribution >= 0.6 is 0 Å². The van der Waals surface area contributed by atoms with Crippen LogP contribution in [0.4, 0.5) is 0 Å². The van der Waals surface area contributed by atoms with Gasteiger partial charge in [-0.05, 0) is 0 Å². The summed E-state index contributed by atoms with van der Waals surface area (Å²) in [7, 11) is 0. The highest BCUT2D eigenvalue weighted by molar-refractivity contribution is 5.09. The molecule has 7 atom stereocenters. The molecule has 12 heavy (non-hydrogen) atoms. The minimum Gasteiger partial charge on any atom is -0.388 e. The van der Waals surface area contributed by atoms with Gasteiger partial charge in [0.1, 0.15) is 12.2 Å². The fraction of sp³-hybridized carbons (Fsp3) is 1.00. The molecule has 0 aromatic heterocycles. The summed E-state index contributed by atoms with van der Waals surface area (Å²) in [6.45, 7) is 4.26. The maximum Gasteiger partial charge on any atom is 0.113 e. The Hall–Kier alpha value is -0.120. The third kappa shape index (κ3) is 0.605. The van der Waals surface area contributed by atoms with Crippen molar-refractivity contribution in [1.29, 1.82) is 0 Å². The molecule has 0 spiro atoms. The molecule has 4 aliphatic rings. The van der Waals surface area contributed by atoms with Crippen molar-refractivity contribution in [2.24, 2.45) is 11.8 Å². The maximum absolute atomic E-state index is 9.74. The molecule has 4 aliphatic heterocycles. The van der Waals surface area contributed by atoms with Crippen LogP contribution < -0.4 is 0 Å². The predicted octanol–water partition coefficient (Wildman–Crippen LogP) is 0.168. The molecule has 4 bridgehead atoms. The van der Waals surface area contributed by atoms with Crippen molar-refractivity contribution in [3.63, 3.8) is 0 Å². The van der Waals surface area contributed by atoms with Gasteiger partial charge in [-0.3, -0.25) is 0 Å². The summed E-state index contributed by atoms with van der Waals surface area (Å²) >= 11 is 0. The third-order valence-electron chi connectivity index (χ3n) is 3.70. The Labute approximate surface area is 71.7 Å². The summed E-state index contributed by atoms with van der Waals surface area (Å²) in [5.74, 6) is 0.809. The van der Waals surface area contributed by atoms with Crippen molar-refractivity contribution in [1.82, 2.24) is 0 Å². The van der Waals surface area contributed by atoms with Crippen LogP contribution in [0.3, 0.4) is 0 Å². The van der Waals surface area contributed by atoms with Crippen LogP contribution in [0.25, 0.3) is 0 Å². The van der Waals surface area contributed by atoms with E-state index >= 15 is 0 Å². The van der Waals surface area contributed by atoms with E-state index in [2.05, 4.69) is 13.8 Å². The van der Waals surface area contributed by atoms with Crippen LogP contribution in [0.2, 0.25) is 0 Å². The maximum atomic E-state index is 9.74. The van der Waals surface area contributed by atoms with E-state index in [1.165, 1.54) is 0 Å². The van der Waals surface area contributed by atoms with Crippen molar-refractivity contribution in [3.8, 4) is 0 Å². The molecule has 0 aromatic rings. The first kappa shape index (κ1) is 7.30. The lowest BCUT2D eigenvalue weighted by Crippen LogP contribution is -2.47. The molecule has 0 saturated carbocycles. The van der Waals surface area contributed by atoms with Crippen molar-refractivity contribution in [2.75, 3.05) is 0 Å². The standard InChI is InChI=1S/C9H14O3/c1-3-6-4(2)8-9(11-6)5(10)7(3)12-8/h3-10H,1-2H3/t3?,4-,5-,6-,7-,8+,9+/m1/s1. The fourth-order valence-electron chi connectivity index (χ4n) is 3.02. The average Bonchev–Trinajstić information content (AvgIpc) is 2.43. The lowest BCUT2D eigenvalue weighted by atomic mass is 9.87. The molecule has 0 radical (unpaired) electrons. The molecule has 3 heteroatoms. The summed E-state index contributed by atoms with van der Waals surface area (Å²) in [5.41, 5.74) is 0. The van der Waals surface area contributed by atoms with Crippen LogP contribution in [0, 0.1) is 11.8 Å². The summed E-state index contributed by atoms with van der Waals surface area (Å²) in [6.07, 6.45) is 0.0979. The topological polar surface area (TPSA) is 38.7 Å². The van der Waals surface area contributed by atoms with E-state index in [-0.39, 0.29) is 24.4 Å². The van der Waals surface area contributed by atoms with Crippen molar-refractivity contribution < 1.29 is 14.6 Å². The summed E-state index contributed by atoms with van der Waals surface area (Å²) in [6, 6.07) is 0. The van der Waals surface area contributed by atoms with E-state index < -0.39 is 0 Å². The molecule has 0 aliphatic carbocycles. The monoisotopic (exact) mass is 170 g/mol. The van der Waals surface area contributed by atoms with Gasteiger partial charge < -0.3 is 14.6 Å². The minimum absolute atomic E-state index is 0.0359. The molecule has 1 N–H and O–H groups in total. The van der Waals surface area contributed by atoms with Gasteiger partial charge in [-0.1, -0.05) is 13.8 Å². The van der Waals surface area contributed by atoms with E-state index in [1.54, 1.807) is 0 Å². The number of hydrogen-bond acceptors (Lipinski definition) is 3. The SMILES string of the molecule is CC1[C@H]2O[C@H]3[C@H](O)[C@@H]1O[C@H]3[C@@H]2C. The zero-order valence-electron chi connectivity index (χ0n) is 7.31. The first-order valence-corrected chi connectivity index (χ1v) is 4.69. The van der Waals surface area contributed by atoms with E-state index in [4.69, 9.17) is 9.47 Å². The molecule has 1 unspecified atom stereocenters. The number of rotatable bonds is 0. The van der Waals surface area contributed by atoms with Crippen molar-refractivity contribution in [3.05, 3.63) is 0 Å². The minimum atomic E-state index is -0.383. The van der Waals surface area contributed by atoms with Gasteiger partial charge in [-0.2, -0.15) is 0 Å². The molecule has 4 rings (SSSR count). The van der Waals surface area contributed by atoms with Crippen molar-refractivity contribution >= 4 is 0 Å². The highest BCUT2D eigenvalue weighted by Gasteiger charge is 2.63. The lowest BCUT2D eigenvalue weighted by Gasteiger charge is -2.37. The second-order valence-electron chi connectivity index (χ2n) is 4.34. The Morgan fingerprint density at radius 1 is 0.833 bits per heavy atom. The van der Waals surface area contributed by atoms with Gasteiger partial charge in [-0.15, -0.1) is 0 Å². The van der Waals surface area contributed by atoms with Crippen LogP contribution in [-0.4, -0.2) is 35.6 Å². The van der Waals surface area contributed by atoms with Crippen LogP contribution in [0.1, 0.15) is 13.8 Å². The third-order valence-corrected chi connectivity index (χ3v) is 3.70. The van der Waals surface area contributed by atoms with Gasteiger partial charge >= 0.3 is 0 Å². The summed E-state index contributed by atoms with van der Waals surface area (Å²) in [5, 5.41) is 9.74. The number of hydrogen-bond donors (Lipinski definition) is 1. The highest BCUT2D eigenvalue weighted by Crippen LogP contribution is 2.49. The summed E-state index contributed by atoms with van der Waals surface area (Å²) < 4.78 is 11.4. The highest BCUT2D eigenvalue weighted by atomic mass is 16.6. The van der Waals surface area contributed by atoms with Gasteiger partial charge in [0.2, 0.25) is 0 Å². The second kappa shape index (κ2) is 2.03. The first-order valence-electron chi connectivity index (χ1n) is 4.69. The molecule has 3 nitrogen and oxygen atoms in total. The Morgan fingerprint density at radius 2 is 1.42 bits per heavy atom. The van der Waals surface area contributed by atoms with Gasteiger partial charge in [-0.25, -0.2) is 0 Å². The Morgan fingerprint density at radius 3 is 2.08 bits per heavy atom. The molecular formula is C9H14O3. The van der Waals surface area contributed by atoms with Crippen LogP contribution in [0.5, 0.6) is 0 Å². The quantitative estimate of drug-likeness (QED) is 0.563. The number of ether oxygens (including phenoxy) is 2. The zero-order valence-corrected chi connectivity index (χ0v) is 7.31. The zero-order chi connectivity index (χ0) is 8.46. The Kier molecular flexibility index (Phi) is 1.23. The number of aliphatic hydroxyl groups is 1. The summed E-state index contributed by atoms with van der Waals surface area (Å²) in [4.78, 5) is 0. The second-order valence-corrected chi connectivity index (χ2v) is 4.34. The van der Waals surface area contributed by atoms with Crippen LogP contribution in [-0.2, 0) is 9.47 Å². The van der Waals surface area contributed by atoms with E-state index in [9.17, 15) is 5.11 Å².